The number of fused-ring (bicyclic) bond motifs is 1. The summed E-state index contributed by atoms with van der Waals surface area (Å²) in [5.41, 5.74) is 1.33. The van der Waals surface area contributed by atoms with Gasteiger partial charge in [0.1, 0.15) is 4.21 Å². The molecule has 0 atom stereocenters. The fourth-order valence-corrected chi connectivity index (χ4v) is 5.54. The van der Waals surface area contributed by atoms with Crippen molar-refractivity contribution in [1.29, 1.82) is 0 Å². The van der Waals surface area contributed by atoms with Gasteiger partial charge in [-0.2, -0.15) is 0 Å². The number of thiophene rings is 1. The molecule has 0 unspecified atom stereocenters. The zero-order valence-electron chi connectivity index (χ0n) is 11.9. The summed E-state index contributed by atoms with van der Waals surface area (Å²) in [6.07, 6.45) is 1.73. The number of amides is 1. The summed E-state index contributed by atoms with van der Waals surface area (Å²) >= 11 is 6.92. The van der Waals surface area contributed by atoms with Gasteiger partial charge in [0.25, 0.3) is 15.9 Å². The molecule has 0 radical (unpaired) electrons. The molecule has 4 rings (SSSR count). The van der Waals surface area contributed by atoms with Crippen LogP contribution >= 0.6 is 22.9 Å². The lowest BCUT2D eigenvalue weighted by Crippen LogP contribution is -2.34. The first-order valence-corrected chi connectivity index (χ1v) is 9.78. The maximum atomic E-state index is 12.5. The number of halogens is 1. The minimum Gasteiger partial charge on any atom is -0.342 e. The van der Waals surface area contributed by atoms with E-state index >= 15 is 0 Å². The Kier molecular flexibility index (Phi) is 3.32. The van der Waals surface area contributed by atoms with E-state index in [2.05, 4.69) is 10.0 Å². The van der Waals surface area contributed by atoms with E-state index in [0.717, 1.165) is 29.7 Å². The Balaban J connectivity index is 1.58. The summed E-state index contributed by atoms with van der Waals surface area (Å²) in [7, 11) is -3.43. The summed E-state index contributed by atoms with van der Waals surface area (Å²) in [6, 6.07) is 9.10. The molecule has 23 heavy (non-hydrogen) atoms. The minimum atomic E-state index is -3.43. The number of nitrogens with one attached hydrogen (secondary N) is 2. The van der Waals surface area contributed by atoms with Crippen molar-refractivity contribution in [2.24, 2.45) is 0 Å². The van der Waals surface area contributed by atoms with Crippen LogP contribution in [0.1, 0.15) is 33.6 Å². The highest BCUT2D eigenvalue weighted by molar-refractivity contribution is 7.92. The number of benzene rings is 1. The van der Waals surface area contributed by atoms with Crippen molar-refractivity contribution in [3.05, 3.63) is 51.4 Å². The van der Waals surface area contributed by atoms with E-state index in [1.54, 1.807) is 18.2 Å². The van der Waals surface area contributed by atoms with Crippen molar-refractivity contribution in [1.82, 2.24) is 10.0 Å². The average Bonchev–Trinajstić information content (AvgIpc) is 3.05. The predicted octanol–water partition coefficient (Wildman–Crippen LogP) is 2.61. The van der Waals surface area contributed by atoms with Gasteiger partial charge < -0.3 is 5.32 Å². The van der Waals surface area contributed by atoms with Gasteiger partial charge in [0, 0.05) is 11.6 Å². The fraction of sp³-hybridized carbons (Fsp3) is 0.267. The molecule has 2 aromatic rings. The van der Waals surface area contributed by atoms with Crippen molar-refractivity contribution in [3.8, 4) is 0 Å². The monoisotopic (exact) mass is 368 g/mol. The highest BCUT2D eigenvalue weighted by Gasteiger charge is 2.46. The minimum absolute atomic E-state index is 0.230. The van der Waals surface area contributed by atoms with E-state index in [1.165, 1.54) is 0 Å². The Bertz CT molecular complexity index is 899. The second-order valence-electron chi connectivity index (χ2n) is 5.79. The van der Waals surface area contributed by atoms with Gasteiger partial charge in [0.2, 0.25) is 0 Å². The number of rotatable bonds is 3. The van der Waals surface area contributed by atoms with Gasteiger partial charge in [-0.25, -0.2) is 13.1 Å². The number of hydrogen-bond donors (Lipinski definition) is 2. The van der Waals surface area contributed by atoms with Crippen LogP contribution in [-0.4, -0.2) is 14.3 Å². The summed E-state index contributed by atoms with van der Waals surface area (Å²) in [5, 5.41) is 3.70. The number of carbonyl (C=O) groups excluding carboxylic acids is 1. The van der Waals surface area contributed by atoms with E-state index in [0.29, 0.717) is 15.5 Å². The number of sulfonamides is 1. The molecule has 2 aliphatic rings. The average molecular weight is 369 g/mol. The lowest BCUT2D eigenvalue weighted by atomic mass is 10.0. The molecule has 1 aromatic carbocycles. The molecule has 1 aromatic heterocycles. The number of carbonyl (C=O) groups is 1. The molecular weight excluding hydrogens is 356 g/mol. The molecular formula is C15H13ClN2O3S2. The Hall–Kier alpha value is -1.41. The Labute approximate surface area is 142 Å². The van der Waals surface area contributed by atoms with Gasteiger partial charge in [-0.05, 0) is 42.2 Å². The Morgan fingerprint density at radius 1 is 1.26 bits per heavy atom. The van der Waals surface area contributed by atoms with E-state index in [1.807, 2.05) is 12.1 Å². The van der Waals surface area contributed by atoms with E-state index in [4.69, 9.17) is 11.6 Å². The van der Waals surface area contributed by atoms with E-state index in [-0.39, 0.29) is 22.2 Å². The maximum absolute atomic E-state index is 12.5. The smallest absolute Gasteiger partial charge is 0.262 e. The third-order valence-electron chi connectivity index (χ3n) is 4.19. The molecule has 120 valence electrons. The van der Waals surface area contributed by atoms with Gasteiger partial charge in [0.15, 0.2) is 0 Å². The molecule has 1 fully saturated rings. The van der Waals surface area contributed by atoms with Crippen LogP contribution in [0.15, 0.2) is 34.5 Å². The van der Waals surface area contributed by atoms with Crippen molar-refractivity contribution < 1.29 is 13.2 Å². The van der Waals surface area contributed by atoms with Crippen molar-refractivity contribution in [3.63, 3.8) is 0 Å². The van der Waals surface area contributed by atoms with Crippen LogP contribution in [0.2, 0.25) is 5.02 Å². The molecule has 0 spiro atoms. The van der Waals surface area contributed by atoms with Crippen LogP contribution in [0.4, 0.5) is 0 Å². The van der Waals surface area contributed by atoms with Gasteiger partial charge in [-0.3, -0.25) is 4.79 Å². The summed E-state index contributed by atoms with van der Waals surface area (Å²) in [5.74, 6) is -0.230. The van der Waals surface area contributed by atoms with Crippen LogP contribution in [0, 0.1) is 0 Å². The fourth-order valence-electron chi connectivity index (χ4n) is 2.77. The van der Waals surface area contributed by atoms with Gasteiger partial charge in [-0.1, -0.05) is 23.7 Å². The molecule has 1 amide bonds. The normalized spacial score (nSPS) is 20.0. The first-order valence-electron chi connectivity index (χ1n) is 7.11. The quantitative estimate of drug-likeness (QED) is 0.874. The summed E-state index contributed by atoms with van der Waals surface area (Å²) in [6.45, 7) is 0.254. The van der Waals surface area contributed by atoms with Crippen molar-refractivity contribution in [2.45, 2.75) is 29.1 Å². The standard InChI is InChI=1S/C15H13ClN2O3S2/c16-11-3-1-10(2-4-11)15(5-6-15)18-13(19)12-7-9-8-17-23(20,21)14(9)22-12/h1-4,7,17H,5-6,8H2,(H,18,19). The summed E-state index contributed by atoms with van der Waals surface area (Å²) < 4.78 is 26.3. The first kappa shape index (κ1) is 15.1. The van der Waals surface area contributed by atoms with E-state index in [9.17, 15) is 13.2 Å². The van der Waals surface area contributed by atoms with Gasteiger partial charge in [-0.15, -0.1) is 11.3 Å². The highest BCUT2D eigenvalue weighted by Crippen LogP contribution is 2.46. The zero-order valence-corrected chi connectivity index (χ0v) is 14.3. The van der Waals surface area contributed by atoms with Crippen LogP contribution in [0.3, 0.4) is 0 Å². The van der Waals surface area contributed by atoms with Gasteiger partial charge in [0.05, 0.1) is 10.4 Å². The van der Waals surface area contributed by atoms with Crippen molar-refractivity contribution in [2.75, 3.05) is 0 Å². The Morgan fingerprint density at radius 3 is 2.57 bits per heavy atom. The number of hydrogen-bond acceptors (Lipinski definition) is 4. The topological polar surface area (TPSA) is 75.3 Å². The molecule has 1 aliphatic heterocycles. The maximum Gasteiger partial charge on any atom is 0.262 e. The van der Waals surface area contributed by atoms with E-state index < -0.39 is 10.0 Å². The van der Waals surface area contributed by atoms with Crippen LogP contribution < -0.4 is 10.0 Å². The lowest BCUT2D eigenvalue weighted by Gasteiger charge is -2.17. The molecule has 1 saturated carbocycles. The molecule has 2 heterocycles. The first-order chi connectivity index (χ1) is 10.9. The molecule has 1 aliphatic carbocycles. The molecule has 8 heteroatoms. The zero-order chi connectivity index (χ0) is 16.2. The lowest BCUT2D eigenvalue weighted by molar-refractivity contribution is 0.0935. The van der Waals surface area contributed by atoms with Crippen molar-refractivity contribution >= 4 is 38.9 Å². The largest absolute Gasteiger partial charge is 0.342 e. The predicted molar refractivity (Wildman–Crippen MR) is 88.2 cm³/mol. The second kappa shape index (κ2) is 5.04. The molecule has 0 saturated heterocycles. The summed E-state index contributed by atoms with van der Waals surface area (Å²) in [4.78, 5) is 12.9. The molecule has 0 bridgehead atoms. The second-order valence-corrected chi connectivity index (χ2v) is 9.24. The third kappa shape index (κ3) is 2.57. The highest BCUT2D eigenvalue weighted by atomic mass is 35.5. The molecule has 2 N–H and O–H groups in total. The van der Waals surface area contributed by atoms with Crippen LogP contribution in [0.5, 0.6) is 0 Å². The Morgan fingerprint density at radius 2 is 1.96 bits per heavy atom. The van der Waals surface area contributed by atoms with Crippen LogP contribution in [-0.2, 0) is 22.1 Å². The SMILES string of the molecule is O=C(NC1(c2ccc(Cl)cc2)CC1)c1cc2c(s1)S(=O)(=O)NC2. The van der Waals surface area contributed by atoms with Crippen LogP contribution in [0.25, 0.3) is 0 Å². The van der Waals surface area contributed by atoms with Gasteiger partial charge >= 0.3 is 0 Å². The molecule has 5 nitrogen and oxygen atoms in total. The third-order valence-corrected chi connectivity index (χ3v) is 7.60.